The summed E-state index contributed by atoms with van der Waals surface area (Å²) in [6.45, 7) is 6.99. The lowest BCUT2D eigenvalue weighted by Gasteiger charge is -2.05. The monoisotopic (exact) mass is 128 g/mol. The Bertz CT molecular complexity index is 86.9. The van der Waals surface area contributed by atoms with E-state index in [4.69, 9.17) is 5.41 Å². The lowest BCUT2D eigenvalue weighted by atomic mass is 10.3. The molecule has 2 nitrogen and oxygen atoms in total. The Hall–Kier alpha value is -0.370. The van der Waals surface area contributed by atoms with Crippen LogP contribution in [-0.2, 0) is 0 Å². The Balaban J connectivity index is 3.01. The van der Waals surface area contributed by atoms with Gasteiger partial charge < -0.3 is 10.7 Å². The summed E-state index contributed by atoms with van der Waals surface area (Å²) in [5.74, 6) is 0. The van der Waals surface area contributed by atoms with Gasteiger partial charge in [0.1, 0.15) is 0 Å². The average molecular weight is 128 g/mol. The van der Waals surface area contributed by atoms with Gasteiger partial charge >= 0.3 is 0 Å². The van der Waals surface area contributed by atoms with Crippen molar-refractivity contribution >= 4 is 5.71 Å². The predicted molar refractivity (Wildman–Crippen MR) is 41.2 cm³/mol. The summed E-state index contributed by atoms with van der Waals surface area (Å²) in [4.78, 5) is 0. The number of rotatable bonds is 4. The number of nitrogens with one attached hydrogen (secondary N) is 2. The number of hydrogen-bond acceptors (Lipinski definition) is 2. The van der Waals surface area contributed by atoms with Gasteiger partial charge in [-0.3, -0.25) is 0 Å². The fourth-order valence-corrected chi connectivity index (χ4v) is 0.548. The maximum absolute atomic E-state index is 7.10. The van der Waals surface area contributed by atoms with Crippen LogP contribution in [0.15, 0.2) is 0 Å². The Morgan fingerprint density at radius 1 is 1.56 bits per heavy atom. The van der Waals surface area contributed by atoms with Gasteiger partial charge in [-0.2, -0.15) is 0 Å². The lowest BCUT2D eigenvalue weighted by molar-refractivity contribution is 0.599. The fraction of sp³-hybridized carbons (Fsp3) is 0.857. The maximum Gasteiger partial charge on any atom is 0.00708 e. The normalized spacial score (nSPS) is 10.2. The van der Waals surface area contributed by atoms with Crippen molar-refractivity contribution in [2.75, 3.05) is 6.54 Å². The van der Waals surface area contributed by atoms with Crippen molar-refractivity contribution < 1.29 is 0 Å². The van der Waals surface area contributed by atoms with Gasteiger partial charge in [0.2, 0.25) is 0 Å². The van der Waals surface area contributed by atoms with Crippen molar-refractivity contribution in [1.29, 1.82) is 5.41 Å². The minimum Gasteiger partial charge on any atom is -0.314 e. The van der Waals surface area contributed by atoms with Gasteiger partial charge in [0.05, 0.1) is 0 Å². The molecule has 2 heteroatoms. The van der Waals surface area contributed by atoms with E-state index in [2.05, 4.69) is 19.2 Å². The van der Waals surface area contributed by atoms with Crippen LogP contribution in [0.4, 0.5) is 0 Å². The molecule has 0 spiro atoms. The Labute approximate surface area is 57.2 Å². The van der Waals surface area contributed by atoms with Gasteiger partial charge in [-0.15, -0.1) is 0 Å². The second-order valence-electron chi connectivity index (χ2n) is 2.64. The first-order valence-electron chi connectivity index (χ1n) is 3.40. The molecule has 0 unspecified atom stereocenters. The minimum absolute atomic E-state index is 0.546. The van der Waals surface area contributed by atoms with Crippen LogP contribution in [0.3, 0.4) is 0 Å². The molecule has 0 aliphatic heterocycles. The molecule has 0 radical (unpaired) electrons. The van der Waals surface area contributed by atoms with E-state index in [0.29, 0.717) is 6.04 Å². The summed E-state index contributed by atoms with van der Waals surface area (Å²) in [6.07, 6.45) is 0.873. The van der Waals surface area contributed by atoms with E-state index in [1.807, 2.05) is 6.92 Å². The first-order valence-corrected chi connectivity index (χ1v) is 3.40. The third kappa shape index (κ3) is 7.63. The number of hydrogen-bond donors (Lipinski definition) is 2. The average Bonchev–Trinajstić information content (AvgIpc) is 1.63. The molecule has 0 aliphatic rings. The highest BCUT2D eigenvalue weighted by Gasteiger charge is 1.91. The van der Waals surface area contributed by atoms with E-state index >= 15 is 0 Å². The van der Waals surface area contributed by atoms with Crippen molar-refractivity contribution in [1.82, 2.24) is 5.32 Å². The largest absolute Gasteiger partial charge is 0.314 e. The Morgan fingerprint density at radius 3 is 2.44 bits per heavy atom. The van der Waals surface area contributed by atoms with Crippen molar-refractivity contribution in [2.45, 2.75) is 33.2 Å². The van der Waals surface area contributed by atoms with Crippen LogP contribution in [0.25, 0.3) is 0 Å². The topological polar surface area (TPSA) is 35.9 Å². The molecule has 0 amide bonds. The van der Waals surface area contributed by atoms with E-state index in [1.54, 1.807) is 0 Å². The van der Waals surface area contributed by atoms with Gasteiger partial charge in [0, 0.05) is 18.3 Å². The quantitative estimate of drug-likeness (QED) is 0.552. The van der Waals surface area contributed by atoms with Crippen molar-refractivity contribution in [2.24, 2.45) is 0 Å². The highest BCUT2D eigenvalue weighted by molar-refractivity contribution is 5.78. The molecule has 0 atom stereocenters. The Morgan fingerprint density at radius 2 is 2.11 bits per heavy atom. The summed E-state index contributed by atoms with van der Waals surface area (Å²) >= 11 is 0. The third-order valence-corrected chi connectivity index (χ3v) is 1.05. The van der Waals surface area contributed by atoms with E-state index in [9.17, 15) is 0 Å². The smallest absolute Gasteiger partial charge is 0.00708 e. The van der Waals surface area contributed by atoms with Crippen LogP contribution in [-0.4, -0.2) is 18.3 Å². The highest BCUT2D eigenvalue weighted by Crippen LogP contribution is 1.81. The first-order chi connectivity index (χ1) is 4.13. The molecule has 0 aliphatic carbocycles. The third-order valence-electron chi connectivity index (χ3n) is 1.05. The summed E-state index contributed by atoms with van der Waals surface area (Å²) in [6, 6.07) is 0.546. The second kappa shape index (κ2) is 4.50. The van der Waals surface area contributed by atoms with Crippen molar-refractivity contribution in [3.05, 3.63) is 0 Å². The van der Waals surface area contributed by atoms with Gasteiger partial charge in [-0.25, -0.2) is 0 Å². The van der Waals surface area contributed by atoms with Crippen LogP contribution >= 0.6 is 0 Å². The van der Waals surface area contributed by atoms with Gasteiger partial charge in [-0.1, -0.05) is 13.8 Å². The van der Waals surface area contributed by atoms with Gasteiger partial charge in [0.25, 0.3) is 0 Å². The zero-order chi connectivity index (χ0) is 7.28. The molecular formula is C7H16N2. The molecular weight excluding hydrogens is 112 g/mol. The molecule has 0 aromatic heterocycles. The van der Waals surface area contributed by atoms with Crippen LogP contribution < -0.4 is 5.32 Å². The maximum atomic E-state index is 7.10. The SMILES string of the molecule is CC(=N)CCNC(C)C. The Kier molecular flexibility index (Phi) is 4.32. The van der Waals surface area contributed by atoms with E-state index in [1.165, 1.54) is 0 Å². The van der Waals surface area contributed by atoms with E-state index in [-0.39, 0.29) is 0 Å². The molecule has 0 aromatic rings. The zero-order valence-corrected chi connectivity index (χ0v) is 6.49. The predicted octanol–water partition coefficient (Wildman–Crippen LogP) is 1.41. The van der Waals surface area contributed by atoms with Crippen LogP contribution in [0.2, 0.25) is 0 Å². The molecule has 0 aromatic carbocycles. The van der Waals surface area contributed by atoms with Gasteiger partial charge in [0.15, 0.2) is 0 Å². The van der Waals surface area contributed by atoms with Crippen molar-refractivity contribution in [3.8, 4) is 0 Å². The molecule has 0 saturated carbocycles. The molecule has 9 heavy (non-hydrogen) atoms. The molecule has 2 N–H and O–H groups in total. The van der Waals surface area contributed by atoms with E-state index in [0.717, 1.165) is 18.7 Å². The van der Waals surface area contributed by atoms with Crippen LogP contribution in [0.5, 0.6) is 0 Å². The van der Waals surface area contributed by atoms with Crippen LogP contribution in [0, 0.1) is 5.41 Å². The lowest BCUT2D eigenvalue weighted by Crippen LogP contribution is -2.24. The molecule has 0 fully saturated rings. The fourth-order valence-electron chi connectivity index (χ4n) is 0.548. The summed E-state index contributed by atoms with van der Waals surface area (Å²) in [5, 5.41) is 10.3. The molecule has 0 heterocycles. The van der Waals surface area contributed by atoms with Crippen LogP contribution in [0.1, 0.15) is 27.2 Å². The highest BCUT2D eigenvalue weighted by atomic mass is 14.9. The molecule has 0 saturated heterocycles. The zero-order valence-electron chi connectivity index (χ0n) is 6.49. The minimum atomic E-state index is 0.546. The molecule has 0 bridgehead atoms. The van der Waals surface area contributed by atoms with Crippen molar-refractivity contribution in [3.63, 3.8) is 0 Å². The van der Waals surface area contributed by atoms with Gasteiger partial charge in [-0.05, 0) is 13.3 Å². The van der Waals surface area contributed by atoms with E-state index < -0.39 is 0 Å². The summed E-state index contributed by atoms with van der Waals surface area (Å²) in [5.41, 5.74) is 0.753. The summed E-state index contributed by atoms with van der Waals surface area (Å²) in [7, 11) is 0. The standard InChI is InChI=1S/C7H16N2/c1-6(2)9-5-4-7(3)8/h6,8-9H,4-5H2,1-3H3. The second-order valence-corrected chi connectivity index (χ2v) is 2.64. The first kappa shape index (κ1) is 8.63. The molecule has 54 valence electrons. The summed E-state index contributed by atoms with van der Waals surface area (Å²) < 4.78 is 0. The molecule has 0 rings (SSSR count).